The Labute approximate surface area is 126 Å². The smallest absolute Gasteiger partial charge is 0.0499 e. The van der Waals surface area contributed by atoms with Gasteiger partial charge in [-0.15, -0.1) is 11.3 Å². The molecule has 2 nitrogen and oxygen atoms in total. The Balaban J connectivity index is 2.27. The number of pyridine rings is 1. The number of nitrogens with one attached hydrogen (secondary N) is 1. The number of hydrogen-bond acceptors (Lipinski definition) is 3. The first-order valence-electron chi connectivity index (χ1n) is 7.48. The predicted octanol–water partition coefficient (Wildman–Crippen LogP) is 4.55. The summed E-state index contributed by atoms with van der Waals surface area (Å²) < 4.78 is 0. The lowest BCUT2D eigenvalue weighted by Crippen LogP contribution is -2.27. The van der Waals surface area contributed by atoms with Gasteiger partial charge in [-0.3, -0.25) is 4.98 Å². The molecule has 2 aromatic rings. The van der Waals surface area contributed by atoms with Crippen molar-refractivity contribution in [1.29, 1.82) is 0 Å². The number of hydrogen-bond donors (Lipinski definition) is 1. The Bertz CT molecular complexity index is 507. The van der Waals surface area contributed by atoms with Gasteiger partial charge in [0.1, 0.15) is 0 Å². The fourth-order valence-electron chi connectivity index (χ4n) is 2.52. The standard InChI is InChI=1S/C17H24N2S/c1-4-10-19-16(17-14(5-2)9-12-20-17)13(3)15-8-6-7-11-18-15/h6-9,11-13,16,19H,4-5,10H2,1-3H3. The Morgan fingerprint density at radius 3 is 2.75 bits per heavy atom. The van der Waals surface area contributed by atoms with Crippen molar-refractivity contribution in [3.05, 3.63) is 52.0 Å². The fourth-order valence-corrected chi connectivity index (χ4v) is 3.70. The summed E-state index contributed by atoms with van der Waals surface area (Å²) in [6, 6.07) is 8.80. The molecule has 108 valence electrons. The van der Waals surface area contributed by atoms with E-state index < -0.39 is 0 Å². The second kappa shape index (κ2) is 7.55. The fraction of sp³-hybridized carbons (Fsp3) is 0.471. The Hall–Kier alpha value is -1.19. The van der Waals surface area contributed by atoms with E-state index >= 15 is 0 Å². The van der Waals surface area contributed by atoms with Crippen LogP contribution in [-0.4, -0.2) is 11.5 Å². The number of rotatable bonds is 7. The zero-order valence-electron chi connectivity index (χ0n) is 12.6. The molecule has 3 heteroatoms. The molecule has 2 heterocycles. The van der Waals surface area contributed by atoms with Gasteiger partial charge in [-0.25, -0.2) is 0 Å². The van der Waals surface area contributed by atoms with Crippen LogP contribution in [0.5, 0.6) is 0 Å². The van der Waals surface area contributed by atoms with E-state index in [9.17, 15) is 0 Å². The van der Waals surface area contributed by atoms with Crippen molar-refractivity contribution in [2.45, 2.75) is 45.6 Å². The predicted molar refractivity (Wildman–Crippen MR) is 87.4 cm³/mol. The minimum absolute atomic E-state index is 0.361. The number of nitrogens with zero attached hydrogens (tertiary/aromatic N) is 1. The lowest BCUT2D eigenvalue weighted by atomic mass is 9.93. The molecule has 0 aromatic carbocycles. The highest BCUT2D eigenvalue weighted by molar-refractivity contribution is 7.10. The zero-order chi connectivity index (χ0) is 14.4. The summed E-state index contributed by atoms with van der Waals surface area (Å²) in [5, 5.41) is 5.92. The van der Waals surface area contributed by atoms with Crippen molar-refractivity contribution in [3.63, 3.8) is 0 Å². The number of thiophene rings is 1. The van der Waals surface area contributed by atoms with Crippen LogP contribution in [0.2, 0.25) is 0 Å². The van der Waals surface area contributed by atoms with Gasteiger partial charge in [0.2, 0.25) is 0 Å². The molecule has 2 unspecified atom stereocenters. The van der Waals surface area contributed by atoms with Crippen LogP contribution in [0.4, 0.5) is 0 Å². The highest BCUT2D eigenvalue weighted by atomic mass is 32.1. The quantitative estimate of drug-likeness (QED) is 0.808. The average Bonchev–Trinajstić information content (AvgIpc) is 2.96. The molecular weight excluding hydrogens is 264 g/mol. The summed E-state index contributed by atoms with van der Waals surface area (Å²) in [4.78, 5) is 6.01. The van der Waals surface area contributed by atoms with E-state index in [-0.39, 0.29) is 0 Å². The van der Waals surface area contributed by atoms with Crippen molar-refractivity contribution in [2.75, 3.05) is 6.54 Å². The monoisotopic (exact) mass is 288 g/mol. The Morgan fingerprint density at radius 1 is 1.25 bits per heavy atom. The Morgan fingerprint density at radius 2 is 2.10 bits per heavy atom. The van der Waals surface area contributed by atoms with E-state index in [0.717, 1.165) is 25.1 Å². The minimum atomic E-state index is 0.361. The SMILES string of the molecule is CCCNC(c1sccc1CC)C(C)c1ccccn1. The summed E-state index contributed by atoms with van der Waals surface area (Å²) in [6.45, 7) is 7.76. The molecule has 0 aliphatic heterocycles. The maximum Gasteiger partial charge on any atom is 0.0499 e. The molecule has 0 spiro atoms. The molecule has 20 heavy (non-hydrogen) atoms. The third-order valence-corrected chi connectivity index (χ3v) is 4.75. The highest BCUT2D eigenvalue weighted by Crippen LogP contribution is 2.35. The van der Waals surface area contributed by atoms with Gasteiger partial charge >= 0.3 is 0 Å². The van der Waals surface area contributed by atoms with Crippen LogP contribution in [0.3, 0.4) is 0 Å². The highest BCUT2D eigenvalue weighted by Gasteiger charge is 2.24. The maximum absolute atomic E-state index is 4.54. The Kier molecular flexibility index (Phi) is 5.74. The van der Waals surface area contributed by atoms with Crippen LogP contribution in [-0.2, 0) is 6.42 Å². The molecule has 2 rings (SSSR count). The third-order valence-electron chi connectivity index (χ3n) is 3.71. The minimum Gasteiger partial charge on any atom is -0.309 e. The molecular formula is C17H24N2S. The first-order chi connectivity index (χ1) is 9.77. The first kappa shape index (κ1) is 15.2. The van der Waals surface area contributed by atoms with Gasteiger partial charge in [0.05, 0.1) is 0 Å². The van der Waals surface area contributed by atoms with Gasteiger partial charge in [-0.1, -0.05) is 26.8 Å². The zero-order valence-corrected chi connectivity index (χ0v) is 13.4. The largest absolute Gasteiger partial charge is 0.309 e. The molecule has 2 aromatic heterocycles. The van der Waals surface area contributed by atoms with E-state index in [1.807, 2.05) is 23.6 Å². The van der Waals surface area contributed by atoms with E-state index in [1.54, 1.807) is 0 Å². The second-order valence-corrected chi connectivity index (χ2v) is 6.09. The maximum atomic E-state index is 4.54. The molecule has 2 atom stereocenters. The van der Waals surface area contributed by atoms with Crippen LogP contribution in [0.25, 0.3) is 0 Å². The van der Waals surface area contributed by atoms with Crippen molar-refractivity contribution in [1.82, 2.24) is 10.3 Å². The van der Waals surface area contributed by atoms with Gasteiger partial charge in [-0.2, -0.15) is 0 Å². The van der Waals surface area contributed by atoms with E-state index in [4.69, 9.17) is 0 Å². The molecule has 0 fully saturated rings. The first-order valence-corrected chi connectivity index (χ1v) is 8.36. The molecule has 0 aliphatic rings. The van der Waals surface area contributed by atoms with Crippen LogP contribution in [0.15, 0.2) is 35.8 Å². The van der Waals surface area contributed by atoms with Gasteiger partial charge in [0.25, 0.3) is 0 Å². The van der Waals surface area contributed by atoms with E-state index in [1.165, 1.54) is 10.4 Å². The van der Waals surface area contributed by atoms with Gasteiger partial charge in [0.15, 0.2) is 0 Å². The second-order valence-electron chi connectivity index (χ2n) is 5.14. The van der Waals surface area contributed by atoms with E-state index in [0.29, 0.717) is 12.0 Å². The summed E-state index contributed by atoms with van der Waals surface area (Å²) in [6.07, 6.45) is 4.13. The molecule has 0 saturated carbocycles. The lowest BCUT2D eigenvalue weighted by molar-refractivity contribution is 0.464. The molecule has 0 aliphatic carbocycles. The topological polar surface area (TPSA) is 24.9 Å². The molecule has 0 bridgehead atoms. The van der Waals surface area contributed by atoms with Gasteiger partial charge < -0.3 is 5.32 Å². The van der Waals surface area contributed by atoms with Gasteiger partial charge in [0, 0.05) is 28.7 Å². The van der Waals surface area contributed by atoms with Crippen LogP contribution in [0.1, 0.15) is 55.3 Å². The van der Waals surface area contributed by atoms with Crippen LogP contribution in [0, 0.1) is 0 Å². The van der Waals surface area contributed by atoms with Crippen LogP contribution < -0.4 is 5.32 Å². The summed E-state index contributed by atoms with van der Waals surface area (Å²) in [5.74, 6) is 0.381. The van der Waals surface area contributed by atoms with E-state index in [2.05, 4.69) is 54.7 Å². The third kappa shape index (κ3) is 3.47. The number of aryl methyl sites for hydroxylation is 1. The lowest BCUT2D eigenvalue weighted by Gasteiger charge is -2.25. The summed E-state index contributed by atoms with van der Waals surface area (Å²) in [5.41, 5.74) is 2.63. The average molecular weight is 288 g/mol. The molecule has 0 radical (unpaired) electrons. The van der Waals surface area contributed by atoms with Crippen molar-refractivity contribution < 1.29 is 0 Å². The molecule has 0 saturated heterocycles. The summed E-state index contributed by atoms with van der Waals surface area (Å²) in [7, 11) is 0. The molecule has 0 amide bonds. The van der Waals surface area contributed by atoms with Crippen molar-refractivity contribution in [2.24, 2.45) is 0 Å². The van der Waals surface area contributed by atoms with Crippen molar-refractivity contribution >= 4 is 11.3 Å². The summed E-state index contributed by atoms with van der Waals surface area (Å²) >= 11 is 1.87. The normalized spacial score (nSPS) is 14.2. The van der Waals surface area contributed by atoms with Crippen LogP contribution >= 0.6 is 11.3 Å². The number of aromatic nitrogens is 1. The van der Waals surface area contributed by atoms with Crippen molar-refractivity contribution in [3.8, 4) is 0 Å². The van der Waals surface area contributed by atoms with Gasteiger partial charge in [-0.05, 0) is 48.5 Å². The molecule has 1 N–H and O–H groups in total.